The standard InChI is InChI=1S/C19H24N2O3/c1-12(2)13(3)5-7-16(14(4)20)19(22)21-10-15-6-8-17-18(9-15)24-11-23-17/h5-9H,10-11,20H2,1-4H3,(H,21,22)/b7-5-,16-14-. The number of benzene rings is 1. The molecular weight excluding hydrogens is 304 g/mol. The Labute approximate surface area is 142 Å². The molecule has 0 bridgehead atoms. The van der Waals surface area contributed by atoms with Crippen LogP contribution in [0.25, 0.3) is 0 Å². The molecule has 24 heavy (non-hydrogen) atoms. The molecule has 1 aliphatic heterocycles. The lowest BCUT2D eigenvalue weighted by molar-refractivity contribution is -0.117. The Hall–Kier alpha value is -2.69. The first kappa shape index (κ1) is 17.7. The van der Waals surface area contributed by atoms with Crippen LogP contribution >= 0.6 is 0 Å². The molecular formula is C19H24N2O3. The summed E-state index contributed by atoms with van der Waals surface area (Å²) < 4.78 is 10.6. The summed E-state index contributed by atoms with van der Waals surface area (Å²) in [5, 5.41) is 2.88. The number of hydrogen-bond acceptors (Lipinski definition) is 4. The van der Waals surface area contributed by atoms with E-state index in [1.807, 2.05) is 45.0 Å². The molecule has 3 N–H and O–H groups in total. The first-order chi connectivity index (χ1) is 11.4. The number of nitrogens with one attached hydrogen (secondary N) is 1. The Morgan fingerprint density at radius 1 is 1.17 bits per heavy atom. The minimum Gasteiger partial charge on any atom is -0.454 e. The smallest absolute Gasteiger partial charge is 0.253 e. The summed E-state index contributed by atoms with van der Waals surface area (Å²) in [5.41, 5.74) is 10.0. The molecule has 1 heterocycles. The molecule has 0 unspecified atom stereocenters. The predicted molar refractivity (Wildman–Crippen MR) is 94.5 cm³/mol. The molecule has 1 amide bonds. The molecule has 0 spiro atoms. The first-order valence-corrected chi connectivity index (χ1v) is 7.83. The SMILES string of the molecule is CC(C)=C(C)/C=C\C(C(=O)NCc1ccc2c(c1)OCO2)=C(/C)N. The monoisotopic (exact) mass is 328 g/mol. The molecule has 0 aromatic heterocycles. The van der Waals surface area contributed by atoms with Crippen molar-refractivity contribution in [1.29, 1.82) is 0 Å². The van der Waals surface area contributed by atoms with Gasteiger partial charge in [0.05, 0.1) is 5.57 Å². The average molecular weight is 328 g/mol. The van der Waals surface area contributed by atoms with Crippen LogP contribution in [0.2, 0.25) is 0 Å². The third-order valence-corrected chi connectivity index (χ3v) is 3.85. The number of amides is 1. The van der Waals surface area contributed by atoms with Crippen molar-refractivity contribution in [3.05, 3.63) is 58.3 Å². The number of fused-ring (bicyclic) bond motifs is 1. The van der Waals surface area contributed by atoms with Crippen molar-refractivity contribution in [3.8, 4) is 11.5 Å². The first-order valence-electron chi connectivity index (χ1n) is 7.83. The molecule has 1 aromatic carbocycles. The molecule has 1 aromatic rings. The van der Waals surface area contributed by atoms with Crippen molar-refractivity contribution in [2.75, 3.05) is 6.79 Å². The molecule has 0 aliphatic carbocycles. The Balaban J connectivity index is 2.04. The summed E-state index contributed by atoms with van der Waals surface area (Å²) in [6.07, 6.45) is 3.66. The van der Waals surface area contributed by atoms with Crippen LogP contribution < -0.4 is 20.5 Å². The van der Waals surface area contributed by atoms with Gasteiger partial charge in [0.1, 0.15) is 0 Å². The number of carbonyl (C=O) groups is 1. The van der Waals surface area contributed by atoms with Gasteiger partial charge in [-0.15, -0.1) is 0 Å². The zero-order chi connectivity index (χ0) is 17.7. The molecule has 0 atom stereocenters. The van der Waals surface area contributed by atoms with Crippen molar-refractivity contribution >= 4 is 5.91 Å². The van der Waals surface area contributed by atoms with E-state index < -0.39 is 0 Å². The Morgan fingerprint density at radius 2 is 1.88 bits per heavy atom. The lowest BCUT2D eigenvalue weighted by atomic mass is 10.1. The highest BCUT2D eigenvalue weighted by atomic mass is 16.7. The van der Waals surface area contributed by atoms with Crippen LogP contribution in [0, 0.1) is 0 Å². The minimum absolute atomic E-state index is 0.203. The van der Waals surface area contributed by atoms with Crippen LogP contribution in [0.15, 0.2) is 52.8 Å². The number of hydrogen-bond donors (Lipinski definition) is 2. The van der Waals surface area contributed by atoms with Crippen LogP contribution in [0.4, 0.5) is 0 Å². The van der Waals surface area contributed by atoms with Gasteiger partial charge in [-0.3, -0.25) is 4.79 Å². The molecule has 0 radical (unpaired) electrons. The van der Waals surface area contributed by atoms with E-state index in [1.54, 1.807) is 13.0 Å². The number of carbonyl (C=O) groups excluding carboxylic acids is 1. The van der Waals surface area contributed by atoms with Gasteiger partial charge < -0.3 is 20.5 Å². The molecule has 5 nitrogen and oxygen atoms in total. The minimum atomic E-state index is -0.203. The van der Waals surface area contributed by atoms with E-state index in [0.717, 1.165) is 16.9 Å². The van der Waals surface area contributed by atoms with E-state index in [2.05, 4.69) is 5.32 Å². The molecule has 128 valence electrons. The van der Waals surface area contributed by atoms with Gasteiger partial charge in [-0.05, 0) is 51.5 Å². The topological polar surface area (TPSA) is 73.6 Å². The number of ether oxygens (including phenoxy) is 2. The highest BCUT2D eigenvalue weighted by Crippen LogP contribution is 2.32. The number of rotatable bonds is 5. The fourth-order valence-electron chi connectivity index (χ4n) is 2.09. The molecule has 0 saturated carbocycles. The third-order valence-electron chi connectivity index (χ3n) is 3.85. The second-order valence-electron chi connectivity index (χ2n) is 5.98. The van der Waals surface area contributed by atoms with Crippen LogP contribution in [-0.2, 0) is 11.3 Å². The fourth-order valence-corrected chi connectivity index (χ4v) is 2.09. The molecule has 2 rings (SSSR count). The maximum absolute atomic E-state index is 12.4. The van der Waals surface area contributed by atoms with Gasteiger partial charge in [-0.25, -0.2) is 0 Å². The second kappa shape index (κ2) is 7.73. The number of allylic oxidation sites excluding steroid dienone is 4. The largest absolute Gasteiger partial charge is 0.454 e. The normalized spacial score (nSPS) is 13.7. The summed E-state index contributed by atoms with van der Waals surface area (Å²) in [6, 6.07) is 5.60. The Kier molecular flexibility index (Phi) is 5.68. The maximum Gasteiger partial charge on any atom is 0.253 e. The maximum atomic E-state index is 12.4. The van der Waals surface area contributed by atoms with E-state index >= 15 is 0 Å². The van der Waals surface area contributed by atoms with Crippen LogP contribution in [0.3, 0.4) is 0 Å². The zero-order valence-corrected chi connectivity index (χ0v) is 14.6. The molecule has 1 aliphatic rings. The van der Waals surface area contributed by atoms with Gasteiger partial charge >= 0.3 is 0 Å². The zero-order valence-electron chi connectivity index (χ0n) is 14.6. The lowest BCUT2D eigenvalue weighted by Gasteiger charge is -2.08. The van der Waals surface area contributed by atoms with Crippen molar-refractivity contribution in [1.82, 2.24) is 5.32 Å². The highest BCUT2D eigenvalue weighted by molar-refractivity contribution is 5.96. The van der Waals surface area contributed by atoms with Crippen molar-refractivity contribution < 1.29 is 14.3 Å². The second-order valence-corrected chi connectivity index (χ2v) is 5.98. The van der Waals surface area contributed by atoms with Crippen molar-refractivity contribution in [2.45, 2.75) is 34.2 Å². The van der Waals surface area contributed by atoms with Crippen LogP contribution in [-0.4, -0.2) is 12.7 Å². The van der Waals surface area contributed by atoms with Gasteiger partial charge in [0.25, 0.3) is 5.91 Å². The van der Waals surface area contributed by atoms with Crippen LogP contribution in [0.1, 0.15) is 33.3 Å². The summed E-state index contributed by atoms with van der Waals surface area (Å²) in [4.78, 5) is 12.4. The van der Waals surface area contributed by atoms with E-state index in [4.69, 9.17) is 15.2 Å². The van der Waals surface area contributed by atoms with Gasteiger partial charge in [0.2, 0.25) is 6.79 Å². The fraction of sp³-hybridized carbons (Fsp3) is 0.316. The third kappa shape index (κ3) is 4.41. The van der Waals surface area contributed by atoms with Gasteiger partial charge in [0.15, 0.2) is 11.5 Å². The van der Waals surface area contributed by atoms with E-state index in [9.17, 15) is 4.79 Å². The predicted octanol–water partition coefficient (Wildman–Crippen LogP) is 3.18. The molecule has 0 fully saturated rings. The average Bonchev–Trinajstić information content (AvgIpc) is 2.99. The summed E-state index contributed by atoms with van der Waals surface area (Å²) >= 11 is 0. The van der Waals surface area contributed by atoms with Gasteiger partial charge in [-0.1, -0.05) is 23.3 Å². The Bertz CT molecular complexity index is 722. The van der Waals surface area contributed by atoms with Crippen LogP contribution in [0.5, 0.6) is 11.5 Å². The Morgan fingerprint density at radius 3 is 2.54 bits per heavy atom. The molecule has 5 heteroatoms. The highest BCUT2D eigenvalue weighted by Gasteiger charge is 2.14. The van der Waals surface area contributed by atoms with Crippen molar-refractivity contribution in [3.63, 3.8) is 0 Å². The van der Waals surface area contributed by atoms with E-state index in [-0.39, 0.29) is 12.7 Å². The molecule has 0 saturated heterocycles. The van der Waals surface area contributed by atoms with E-state index in [0.29, 0.717) is 23.6 Å². The summed E-state index contributed by atoms with van der Waals surface area (Å²) in [6.45, 7) is 8.40. The van der Waals surface area contributed by atoms with Gasteiger partial charge in [-0.2, -0.15) is 0 Å². The van der Waals surface area contributed by atoms with Gasteiger partial charge in [0, 0.05) is 12.2 Å². The van der Waals surface area contributed by atoms with E-state index in [1.165, 1.54) is 5.57 Å². The van der Waals surface area contributed by atoms with Crippen molar-refractivity contribution in [2.24, 2.45) is 5.73 Å². The summed E-state index contributed by atoms with van der Waals surface area (Å²) in [7, 11) is 0. The summed E-state index contributed by atoms with van der Waals surface area (Å²) in [5.74, 6) is 1.22. The number of nitrogens with two attached hydrogens (primary N) is 1. The quantitative estimate of drug-likeness (QED) is 0.643. The lowest BCUT2D eigenvalue weighted by Crippen LogP contribution is -2.25.